The predicted octanol–water partition coefficient (Wildman–Crippen LogP) is 1.55. The van der Waals surface area contributed by atoms with Crippen molar-refractivity contribution < 1.29 is 15.0 Å². The Labute approximate surface area is 97.0 Å². The molecule has 7 heteroatoms. The van der Waals surface area contributed by atoms with Crippen LogP contribution in [0.15, 0.2) is 24.3 Å². The number of hydrogen-bond donors (Lipinski definition) is 1. The lowest BCUT2D eigenvalue weighted by atomic mass is 9.81. The Morgan fingerprint density at radius 1 is 1.18 bits per heavy atom. The summed E-state index contributed by atoms with van der Waals surface area (Å²) in [7, 11) is 0. The lowest BCUT2D eigenvalue weighted by molar-refractivity contribution is -0.753. The van der Waals surface area contributed by atoms with E-state index in [1.165, 1.54) is 26.0 Å². The second-order valence-electron chi connectivity index (χ2n) is 4.18. The van der Waals surface area contributed by atoms with Crippen LogP contribution in [0, 0.1) is 20.2 Å². The maximum Gasteiger partial charge on any atom is 0.459 e. The van der Waals surface area contributed by atoms with Gasteiger partial charge < -0.3 is 5.11 Å². The summed E-state index contributed by atoms with van der Waals surface area (Å²) in [5.74, 6) is -0.189. The lowest BCUT2D eigenvalue weighted by Crippen LogP contribution is -2.45. The zero-order chi connectivity index (χ0) is 13.2. The third-order valence-corrected chi connectivity index (χ3v) is 2.64. The van der Waals surface area contributed by atoms with Crippen LogP contribution in [-0.2, 0) is 5.41 Å². The van der Waals surface area contributed by atoms with Crippen molar-refractivity contribution in [1.82, 2.24) is 0 Å². The molecule has 0 saturated carbocycles. The van der Waals surface area contributed by atoms with Gasteiger partial charge in [0.2, 0.25) is 0 Å². The van der Waals surface area contributed by atoms with Crippen LogP contribution in [0.25, 0.3) is 0 Å². The number of phenols is 1. The van der Waals surface area contributed by atoms with Crippen molar-refractivity contribution in [2.45, 2.75) is 25.4 Å². The van der Waals surface area contributed by atoms with Crippen molar-refractivity contribution in [3.63, 3.8) is 0 Å². The predicted molar refractivity (Wildman–Crippen MR) is 58.9 cm³/mol. The molecule has 1 N–H and O–H groups in total. The van der Waals surface area contributed by atoms with Crippen LogP contribution >= 0.6 is 0 Å². The molecule has 0 heterocycles. The molecule has 0 amide bonds. The van der Waals surface area contributed by atoms with E-state index >= 15 is 0 Å². The fourth-order valence-electron chi connectivity index (χ4n) is 1.76. The first-order valence-corrected chi connectivity index (χ1v) is 4.84. The fraction of sp³-hybridized carbons (Fsp3) is 0.400. The molecule has 1 aromatic carbocycles. The van der Waals surface area contributed by atoms with Crippen LogP contribution in [0.4, 0.5) is 0 Å². The molecule has 1 aromatic rings. The minimum Gasteiger partial charge on any atom is -0.508 e. The highest BCUT2D eigenvalue weighted by Crippen LogP contribution is 2.34. The molecule has 0 aromatic heterocycles. The van der Waals surface area contributed by atoms with Crippen LogP contribution in [0.3, 0.4) is 0 Å². The fourth-order valence-corrected chi connectivity index (χ4v) is 1.76. The molecule has 0 saturated heterocycles. The van der Waals surface area contributed by atoms with Crippen molar-refractivity contribution >= 4 is 0 Å². The SMILES string of the molecule is CC(C)(c1ccccc1O)C([N+](=O)[O-])[N+](=O)[O-]. The molecule has 0 aliphatic carbocycles. The Morgan fingerprint density at radius 2 is 1.65 bits per heavy atom. The maximum absolute atomic E-state index is 10.8. The molecular formula is C10H12N2O5. The van der Waals surface area contributed by atoms with Gasteiger partial charge in [-0.2, -0.15) is 0 Å². The highest BCUT2D eigenvalue weighted by Gasteiger charge is 2.51. The molecule has 0 radical (unpaired) electrons. The van der Waals surface area contributed by atoms with Gasteiger partial charge in [0, 0.05) is 5.56 Å². The number of hydrogen-bond acceptors (Lipinski definition) is 5. The molecule has 0 aliphatic heterocycles. The van der Waals surface area contributed by atoms with E-state index in [1.54, 1.807) is 12.1 Å². The van der Waals surface area contributed by atoms with Crippen molar-refractivity contribution in [2.75, 3.05) is 0 Å². The molecule has 0 spiro atoms. The number of rotatable bonds is 4. The Morgan fingerprint density at radius 3 is 2.06 bits per heavy atom. The molecule has 1 rings (SSSR count). The first kappa shape index (κ1) is 12.9. The molecule has 0 aliphatic rings. The summed E-state index contributed by atoms with van der Waals surface area (Å²) in [6, 6.07) is 5.89. The van der Waals surface area contributed by atoms with Crippen LogP contribution in [-0.4, -0.2) is 21.1 Å². The van der Waals surface area contributed by atoms with E-state index in [2.05, 4.69) is 0 Å². The largest absolute Gasteiger partial charge is 0.508 e. The Balaban J connectivity index is 3.31. The third kappa shape index (κ3) is 2.32. The zero-order valence-electron chi connectivity index (χ0n) is 9.36. The van der Waals surface area contributed by atoms with Crippen molar-refractivity contribution in [2.24, 2.45) is 0 Å². The monoisotopic (exact) mass is 240 g/mol. The van der Waals surface area contributed by atoms with Gasteiger partial charge in [-0.05, 0) is 19.9 Å². The maximum atomic E-state index is 10.8. The van der Waals surface area contributed by atoms with Gasteiger partial charge in [-0.3, -0.25) is 20.2 Å². The lowest BCUT2D eigenvalue weighted by Gasteiger charge is -2.23. The summed E-state index contributed by atoms with van der Waals surface area (Å²) < 4.78 is 0. The van der Waals surface area contributed by atoms with Gasteiger partial charge in [-0.1, -0.05) is 18.2 Å². The summed E-state index contributed by atoms with van der Waals surface area (Å²) in [5.41, 5.74) is -1.23. The molecule has 92 valence electrons. The van der Waals surface area contributed by atoms with E-state index in [9.17, 15) is 25.3 Å². The van der Waals surface area contributed by atoms with Crippen LogP contribution in [0.2, 0.25) is 0 Å². The van der Waals surface area contributed by atoms with Gasteiger partial charge in [0.15, 0.2) is 0 Å². The number of para-hydroxylation sites is 1. The van der Waals surface area contributed by atoms with Crippen LogP contribution in [0.5, 0.6) is 5.75 Å². The second kappa shape index (κ2) is 4.36. The van der Waals surface area contributed by atoms with E-state index in [1.807, 2.05) is 0 Å². The quantitative estimate of drug-likeness (QED) is 0.488. The average Bonchev–Trinajstić information content (AvgIpc) is 2.15. The Kier molecular flexibility index (Phi) is 3.31. The highest BCUT2D eigenvalue weighted by atomic mass is 16.7. The molecule has 0 atom stereocenters. The molecule has 17 heavy (non-hydrogen) atoms. The van der Waals surface area contributed by atoms with Gasteiger partial charge in [-0.25, -0.2) is 0 Å². The second-order valence-corrected chi connectivity index (χ2v) is 4.18. The standard InChI is InChI=1S/C10H12N2O5/c1-10(2,9(11(14)15)12(16)17)7-5-3-4-6-8(7)13/h3-6,9,13H,1-2H3. The van der Waals surface area contributed by atoms with E-state index < -0.39 is 21.4 Å². The smallest absolute Gasteiger partial charge is 0.459 e. The van der Waals surface area contributed by atoms with Gasteiger partial charge in [0.25, 0.3) is 0 Å². The minimum absolute atomic E-state index is 0.179. The van der Waals surface area contributed by atoms with Gasteiger partial charge in [-0.15, -0.1) is 0 Å². The summed E-state index contributed by atoms with van der Waals surface area (Å²) >= 11 is 0. The number of nitro groups is 2. The summed E-state index contributed by atoms with van der Waals surface area (Å²) in [6.45, 7) is 2.72. The van der Waals surface area contributed by atoms with Crippen molar-refractivity contribution in [1.29, 1.82) is 0 Å². The van der Waals surface area contributed by atoms with Gasteiger partial charge in [0.05, 0.1) is 9.85 Å². The summed E-state index contributed by atoms with van der Waals surface area (Å²) in [5, 5.41) is 31.1. The molecule has 0 unspecified atom stereocenters. The summed E-state index contributed by atoms with van der Waals surface area (Å²) in [4.78, 5) is 19.6. The topological polar surface area (TPSA) is 107 Å². The third-order valence-electron chi connectivity index (χ3n) is 2.64. The van der Waals surface area contributed by atoms with E-state index in [-0.39, 0.29) is 11.3 Å². The Hall–Kier alpha value is -2.18. The van der Waals surface area contributed by atoms with Crippen molar-refractivity contribution in [3.8, 4) is 5.75 Å². The number of aromatic hydroxyl groups is 1. The van der Waals surface area contributed by atoms with Crippen molar-refractivity contribution in [3.05, 3.63) is 50.1 Å². The molecule has 7 nitrogen and oxygen atoms in total. The van der Waals surface area contributed by atoms with Crippen LogP contribution < -0.4 is 0 Å². The normalized spacial score (nSPS) is 11.5. The average molecular weight is 240 g/mol. The van der Waals surface area contributed by atoms with E-state index in [0.717, 1.165) is 0 Å². The molecular weight excluding hydrogens is 228 g/mol. The minimum atomic E-state index is -2.00. The summed E-state index contributed by atoms with van der Waals surface area (Å²) in [6.07, 6.45) is -2.00. The number of nitrogens with zero attached hydrogens (tertiary/aromatic N) is 2. The zero-order valence-corrected chi connectivity index (χ0v) is 9.36. The van der Waals surface area contributed by atoms with Gasteiger partial charge >= 0.3 is 6.17 Å². The highest BCUT2D eigenvalue weighted by molar-refractivity contribution is 5.37. The van der Waals surface area contributed by atoms with E-state index in [0.29, 0.717) is 0 Å². The Bertz CT molecular complexity index is 444. The number of benzene rings is 1. The molecule has 0 fully saturated rings. The van der Waals surface area contributed by atoms with Crippen LogP contribution in [0.1, 0.15) is 19.4 Å². The molecule has 0 bridgehead atoms. The van der Waals surface area contributed by atoms with Gasteiger partial charge in [0.1, 0.15) is 11.2 Å². The first-order chi connectivity index (χ1) is 7.78. The number of phenolic OH excluding ortho intramolecular Hbond substituents is 1. The first-order valence-electron chi connectivity index (χ1n) is 4.84. The van der Waals surface area contributed by atoms with E-state index in [4.69, 9.17) is 0 Å².